The molecule has 1 aliphatic rings. The number of nitrogens with two attached hydrogens (primary N) is 1. The van der Waals surface area contributed by atoms with Gasteiger partial charge in [-0.2, -0.15) is 0 Å². The van der Waals surface area contributed by atoms with Gasteiger partial charge in [-0.25, -0.2) is 4.39 Å². The van der Waals surface area contributed by atoms with E-state index in [1.807, 2.05) is 24.3 Å². The van der Waals surface area contributed by atoms with E-state index in [4.69, 9.17) is 10.5 Å². The Morgan fingerprint density at radius 2 is 2.00 bits per heavy atom. The van der Waals surface area contributed by atoms with E-state index in [1.165, 1.54) is 6.07 Å². The zero-order chi connectivity index (χ0) is 14.9. The number of halogens is 2. The lowest BCUT2D eigenvalue weighted by Crippen LogP contribution is -2.41. The van der Waals surface area contributed by atoms with E-state index in [2.05, 4.69) is 22.0 Å². The topological polar surface area (TPSA) is 35.2 Å². The molecule has 0 saturated carbocycles. The van der Waals surface area contributed by atoms with Gasteiger partial charge in [-0.15, -0.1) is 0 Å². The Kier molecular flexibility index (Phi) is 4.00. The number of hydrogen-bond acceptors (Lipinski definition) is 2. The van der Waals surface area contributed by atoms with Gasteiger partial charge in [0.25, 0.3) is 0 Å². The molecule has 2 nitrogen and oxygen atoms in total. The number of para-hydroxylation sites is 1. The number of rotatable bonds is 3. The third-order valence-corrected chi connectivity index (χ3v) is 5.14. The van der Waals surface area contributed by atoms with Crippen molar-refractivity contribution in [2.75, 3.05) is 13.2 Å². The largest absolute Gasteiger partial charge is 0.493 e. The lowest BCUT2D eigenvalue weighted by atomic mass is 9.72. The van der Waals surface area contributed by atoms with Crippen LogP contribution in [0.4, 0.5) is 4.39 Å². The third-order valence-electron chi connectivity index (χ3n) is 4.25. The molecule has 0 spiro atoms. The number of fused-ring (bicyclic) bond motifs is 1. The van der Waals surface area contributed by atoms with E-state index < -0.39 is 0 Å². The molecule has 0 aromatic heterocycles. The van der Waals surface area contributed by atoms with Crippen LogP contribution in [0.1, 0.15) is 17.5 Å². The predicted octanol–water partition coefficient (Wildman–Crippen LogP) is 3.81. The highest BCUT2D eigenvalue weighted by atomic mass is 79.9. The van der Waals surface area contributed by atoms with Gasteiger partial charge in [0.05, 0.1) is 11.1 Å². The van der Waals surface area contributed by atoms with Crippen molar-refractivity contribution in [3.8, 4) is 5.75 Å². The Morgan fingerprint density at radius 1 is 1.19 bits per heavy atom. The van der Waals surface area contributed by atoms with Crippen molar-refractivity contribution in [3.63, 3.8) is 0 Å². The molecule has 1 unspecified atom stereocenters. The van der Waals surface area contributed by atoms with Crippen molar-refractivity contribution < 1.29 is 9.13 Å². The fourth-order valence-corrected chi connectivity index (χ4v) is 3.44. The third kappa shape index (κ3) is 2.58. The van der Waals surface area contributed by atoms with Gasteiger partial charge in [0.15, 0.2) is 0 Å². The first-order chi connectivity index (χ1) is 10.2. The van der Waals surface area contributed by atoms with Gasteiger partial charge < -0.3 is 10.5 Å². The van der Waals surface area contributed by atoms with E-state index >= 15 is 0 Å². The summed E-state index contributed by atoms with van der Waals surface area (Å²) < 4.78 is 20.0. The molecule has 0 bridgehead atoms. The predicted molar refractivity (Wildman–Crippen MR) is 85.1 cm³/mol. The highest BCUT2D eigenvalue weighted by Crippen LogP contribution is 2.41. The minimum atomic E-state index is -0.236. The van der Waals surface area contributed by atoms with E-state index in [-0.39, 0.29) is 11.2 Å². The molecule has 21 heavy (non-hydrogen) atoms. The summed E-state index contributed by atoms with van der Waals surface area (Å²) in [4.78, 5) is 0. The Bertz CT molecular complexity index is 661. The Hall–Kier alpha value is -1.39. The molecular formula is C17H17BrFNO. The number of ether oxygens (including phenoxy) is 1. The Labute approximate surface area is 132 Å². The van der Waals surface area contributed by atoms with Gasteiger partial charge >= 0.3 is 0 Å². The molecular weight excluding hydrogens is 333 g/mol. The second-order valence-electron chi connectivity index (χ2n) is 5.47. The van der Waals surface area contributed by atoms with Crippen molar-refractivity contribution in [1.82, 2.24) is 0 Å². The van der Waals surface area contributed by atoms with Crippen LogP contribution in [0, 0.1) is 5.82 Å². The van der Waals surface area contributed by atoms with Crippen LogP contribution in [-0.4, -0.2) is 13.2 Å². The van der Waals surface area contributed by atoms with Crippen LogP contribution < -0.4 is 10.5 Å². The molecule has 0 aliphatic carbocycles. The second-order valence-corrected chi connectivity index (χ2v) is 6.26. The first-order valence-electron chi connectivity index (χ1n) is 7.01. The zero-order valence-corrected chi connectivity index (χ0v) is 13.2. The summed E-state index contributed by atoms with van der Waals surface area (Å²) in [7, 11) is 0. The first-order valence-corrected chi connectivity index (χ1v) is 7.81. The summed E-state index contributed by atoms with van der Waals surface area (Å²) in [5.74, 6) is 0.654. The fraction of sp³-hybridized carbons (Fsp3) is 0.294. The summed E-state index contributed by atoms with van der Waals surface area (Å²) in [6.45, 7) is 1.15. The van der Waals surface area contributed by atoms with E-state index in [1.54, 1.807) is 6.07 Å². The van der Waals surface area contributed by atoms with Crippen molar-refractivity contribution >= 4 is 15.9 Å². The average molecular weight is 350 g/mol. The van der Waals surface area contributed by atoms with Crippen molar-refractivity contribution in [1.29, 1.82) is 0 Å². The monoisotopic (exact) mass is 349 g/mol. The lowest BCUT2D eigenvalue weighted by molar-refractivity contribution is 0.215. The highest BCUT2D eigenvalue weighted by molar-refractivity contribution is 9.10. The summed E-state index contributed by atoms with van der Waals surface area (Å²) >= 11 is 3.35. The molecule has 1 atom stereocenters. The van der Waals surface area contributed by atoms with Crippen molar-refractivity contribution in [2.45, 2.75) is 18.3 Å². The fourth-order valence-electron chi connectivity index (χ4n) is 3.04. The van der Waals surface area contributed by atoms with Crippen LogP contribution in [0.15, 0.2) is 46.9 Å². The van der Waals surface area contributed by atoms with Crippen LogP contribution in [0.2, 0.25) is 0 Å². The van der Waals surface area contributed by atoms with Gasteiger partial charge in [0, 0.05) is 17.5 Å². The van der Waals surface area contributed by atoms with Gasteiger partial charge in [0.2, 0.25) is 0 Å². The molecule has 110 valence electrons. The van der Waals surface area contributed by atoms with Crippen LogP contribution in [0.5, 0.6) is 5.75 Å². The van der Waals surface area contributed by atoms with Gasteiger partial charge in [-0.3, -0.25) is 0 Å². The molecule has 0 fully saturated rings. The average Bonchev–Trinajstić information content (AvgIpc) is 2.52. The summed E-state index contributed by atoms with van der Waals surface area (Å²) in [6, 6.07) is 13.1. The van der Waals surface area contributed by atoms with Crippen LogP contribution in [0.25, 0.3) is 0 Å². The summed E-state index contributed by atoms with van der Waals surface area (Å²) in [6.07, 6.45) is 1.53. The van der Waals surface area contributed by atoms with Crippen molar-refractivity contribution in [3.05, 3.63) is 63.9 Å². The van der Waals surface area contributed by atoms with E-state index in [0.717, 1.165) is 23.3 Å². The molecule has 4 heteroatoms. The van der Waals surface area contributed by atoms with Crippen LogP contribution in [-0.2, 0) is 11.8 Å². The van der Waals surface area contributed by atoms with Gasteiger partial charge in [-0.1, -0.05) is 30.3 Å². The zero-order valence-electron chi connectivity index (χ0n) is 11.6. The summed E-state index contributed by atoms with van der Waals surface area (Å²) in [5.41, 5.74) is 7.98. The molecule has 1 heterocycles. The quantitative estimate of drug-likeness (QED) is 0.914. The molecule has 0 saturated heterocycles. The molecule has 2 aromatic rings. The SMILES string of the molecule is NCC1(Cc2cccc(F)c2Br)CCOc2ccccc21. The smallest absolute Gasteiger partial charge is 0.137 e. The molecule has 0 radical (unpaired) electrons. The molecule has 2 aromatic carbocycles. The summed E-state index contributed by atoms with van der Waals surface area (Å²) in [5, 5.41) is 0. The maximum Gasteiger partial charge on any atom is 0.137 e. The molecule has 0 amide bonds. The highest BCUT2D eigenvalue weighted by Gasteiger charge is 2.37. The maximum absolute atomic E-state index is 13.8. The number of hydrogen-bond donors (Lipinski definition) is 1. The standard InChI is InChI=1S/C17H17BrFNO/c18-16-12(4-3-6-14(16)19)10-17(11-20)8-9-21-15-7-2-1-5-13(15)17/h1-7H,8-11,20H2. The number of benzene rings is 2. The lowest BCUT2D eigenvalue weighted by Gasteiger charge is -2.38. The minimum Gasteiger partial charge on any atom is -0.493 e. The second kappa shape index (κ2) is 5.78. The Morgan fingerprint density at radius 3 is 2.81 bits per heavy atom. The molecule has 2 N–H and O–H groups in total. The van der Waals surface area contributed by atoms with Crippen molar-refractivity contribution in [2.24, 2.45) is 5.73 Å². The van der Waals surface area contributed by atoms with Gasteiger partial charge in [0.1, 0.15) is 11.6 Å². The minimum absolute atomic E-state index is 0.203. The van der Waals surface area contributed by atoms with E-state index in [0.29, 0.717) is 24.0 Å². The Balaban J connectivity index is 2.04. The molecule has 1 aliphatic heterocycles. The molecule has 3 rings (SSSR count). The maximum atomic E-state index is 13.8. The first kappa shape index (κ1) is 14.5. The van der Waals surface area contributed by atoms with Gasteiger partial charge in [-0.05, 0) is 46.5 Å². The van der Waals surface area contributed by atoms with Crippen LogP contribution in [0.3, 0.4) is 0 Å². The van der Waals surface area contributed by atoms with E-state index in [9.17, 15) is 4.39 Å². The van der Waals surface area contributed by atoms with Crippen LogP contribution >= 0.6 is 15.9 Å². The normalized spacial score (nSPS) is 20.7.